The number of benzene rings is 2. The van der Waals surface area contributed by atoms with Gasteiger partial charge in [-0.3, -0.25) is 9.69 Å². The number of methoxy groups -OCH3 is 2. The number of ether oxygens (including phenoxy) is 3. The van der Waals surface area contributed by atoms with Crippen LogP contribution in [0.5, 0.6) is 11.5 Å². The second-order valence-corrected chi connectivity index (χ2v) is 7.69. The maximum absolute atomic E-state index is 12.5. The Labute approximate surface area is 174 Å². The first kappa shape index (κ1) is 20.4. The molecule has 146 valence electrons. The van der Waals surface area contributed by atoms with Crippen molar-refractivity contribution in [2.45, 2.75) is 6.61 Å². The predicted octanol–water partition coefficient (Wildman–Crippen LogP) is 4.12. The van der Waals surface area contributed by atoms with E-state index in [1.807, 2.05) is 54.6 Å². The van der Waals surface area contributed by atoms with Gasteiger partial charge < -0.3 is 14.2 Å². The number of carbonyl (C=O) groups is 1. The third-order valence-electron chi connectivity index (χ3n) is 4.12. The molecule has 0 radical (unpaired) electrons. The molecule has 2 aromatic rings. The van der Waals surface area contributed by atoms with E-state index in [1.54, 1.807) is 19.1 Å². The Bertz CT molecular complexity index is 883. The number of nitrogens with zero attached hydrogens (tertiary/aromatic N) is 1. The lowest BCUT2D eigenvalue weighted by molar-refractivity contribution is -0.122. The summed E-state index contributed by atoms with van der Waals surface area (Å²) in [7, 11) is 3.19. The third-order valence-corrected chi connectivity index (χ3v) is 5.49. The molecule has 0 spiro atoms. The van der Waals surface area contributed by atoms with Crippen molar-refractivity contribution in [3.05, 3.63) is 64.6 Å². The number of rotatable bonds is 8. The summed E-state index contributed by atoms with van der Waals surface area (Å²) < 4.78 is 16.9. The van der Waals surface area contributed by atoms with Gasteiger partial charge in [0, 0.05) is 7.11 Å². The van der Waals surface area contributed by atoms with Gasteiger partial charge in [-0.2, -0.15) is 0 Å². The van der Waals surface area contributed by atoms with Crippen LogP contribution in [0.15, 0.2) is 53.4 Å². The van der Waals surface area contributed by atoms with Gasteiger partial charge in [-0.25, -0.2) is 0 Å². The van der Waals surface area contributed by atoms with E-state index in [2.05, 4.69) is 0 Å². The average molecular weight is 416 g/mol. The summed E-state index contributed by atoms with van der Waals surface area (Å²) in [5.41, 5.74) is 1.92. The highest BCUT2D eigenvalue weighted by Crippen LogP contribution is 2.34. The van der Waals surface area contributed by atoms with Crippen LogP contribution in [-0.2, 0) is 16.1 Å². The molecule has 0 bridgehead atoms. The maximum atomic E-state index is 12.5. The van der Waals surface area contributed by atoms with Crippen LogP contribution in [0.25, 0.3) is 6.08 Å². The molecule has 1 amide bonds. The van der Waals surface area contributed by atoms with E-state index in [0.29, 0.717) is 40.5 Å². The van der Waals surface area contributed by atoms with Crippen LogP contribution in [0.1, 0.15) is 11.1 Å². The highest BCUT2D eigenvalue weighted by Gasteiger charge is 2.31. The second-order valence-electron chi connectivity index (χ2n) is 6.01. The smallest absolute Gasteiger partial charge is 0.266 e. The van der Waals surface area contributed by atoms with Crippen molar-refractivity contribution >= 4 is 40.3 Å². The van der Waals surface area contributed by atoms with E-state index in [0.717, 1.165) is 11.1 Å². The lowest BCUT2D eigenvalue weighted by atomic mass is 10.1. The summed E-state index contributed by atoms with van der Waals surface area (Å²) in [5, 5.41) is 0. The van der Waals surface area contributed by atoms with Crippen LogP contribution in [0.4, 0.5) is 0 Å². The topological polar surface area (TPSA) is 48.0 Å². The molecule has 1 saturated heterocycles. The predicted molar refractivity (Wildman–Crippen MR) is 116 cm³/mol. The van der Waals surface area contributed by atoms with Crippen LogP contribution in [0.2, 0.25) is 0 Å². The van der Waals surface area contributed by atoms with Crippen LogP contribution < -0.4 is 9.47 Å². The minimum absolute atomic E-state index is 0.101. The Balaban J connectivity index is 1.74. The average Bonchev–Trinajstić information content (AvgIpc) is 2.98. The Morgan fingerprint density at radius 2 is 1.89 bits per heavy atom. The fourth-order valence-corrected chi connectivity index (χ4v) is 3.96. The van der Waals surface area contributed by atoms with Gasteiger partial charge in [0.05, 0.1) is 25.2 Å². The fraction of sp³-hybridized carbons (Fsp3) is 0.238. The normalized spacial score (nSPS) is 15.4. The zero-order valence-electron chi connectivity index (χ0n) is 15.7. The quantitative estimate of drug-likeness (QED) is 0.477. The Kier molecular flexibility index (Phi) is 7.08. The van der Waals surface area contributed by atoms with E-state index >= 15 is 0 Å². The van der Waals surface area contributed by atoms with E-state index in [-0.39, 0.29) is 5.91 Å². The summed E-state index contributed by atoms with van der Waals surface area (Å²) in [6, 6.07) is 15.5. The Morgan fingerprint density at radius 3 is 2.61 bits per heavy atom. The molecule has 1 aliphatic rings. The molecular formula is C21H21NO4S2. The first-order chi connectivity index (χ1) is 13.6. The van der Waals surface area contributed by atoms with Crippen molar-refractivity contribution < 1.29 is 19.0 Å². The van der Waals surface area contributed by atoms with Gasteiger partial charge in [-0.15, -0.1) is 0 Å². The third kappa shape index (κ3) is 4.92. The van der Waals surface area contributed by atoms with Gasteiger partial charge >= 0.3 is 0 Å². The van der Waals surface area contributed by atoms with Gasteiger partial charge in [0.25, 0.3) is 5.91 Å². The number of carbonyl (C=O) groups excluding carboxylic acids is 1. The summed E-state index contributed by atoms with van der Waals surface area (Å²) in [6.45, 7) is 1.35. The number of amides is 1. The summed E-state index contributed by atoms with van der Waals surface area (Å²) in [4.78, 5) is 14.7. The monoisotopic (exact) mass is 415 g/mol. The van der Waals surface area contributed by atoms with E-state index < -0.39 is 0 Å². The zero-order chi connectivity index (χ0) is 19.9. The lowest BCUT2D eigenvalue weighted by Crippen LogP contribution is -2.31. The molecule has 1 aliphatic heterocycles. The maximum Gasteiger partial charge on any atom is 0.266 e. The van der Waals surface area contributed by atoms with Crippen molar-refractivity contribution in [2.75, 3.05) is 27.4 Å². The van der Waals surface area contributed by atoms with Crippen molar-refractivity contribution in [2.24, 2.45) is 0 Å². The number of thioether (sulfide) groups is 1. The molecule has 3 rings (SSSR count). The zero-order valence-corrected chi connectivity index (χ0v) is 17.3. The van der Waals surface area contributed by atoms with Crippen molar-refractivity contribution in [1.82, 2.24) is 4.90 Å². The van der Waals surface area contributed by atoms with E-state index in [9.17, 15) is 4.79 Å². The summed E-state index contributed by atoms with van der Waals surface area (Å²) in [5.74, 6) is 1.16. The van der Waals surface area contributed by atoms with Crippen LogP contribution >= 0.6 is 24.0 Å². The first-order valence-electron chi connectivity index (χ1n) is 8.71. The molecule has 5 nitrogen and oxygen atoms in total. The van der Waals surface area contributed by atoms with Gasteiger partial charge in [-0.1, -0.05) is 60.4 Å². The first-order valence-corrected chi connectivity index (χ1v) is 9.94. The van der Waals surface area contributed by atoms with Crippen LogP contribution in [0, 0.1) is 0 Å². The van der Waals surface area contributed by atoms with E-state index in [4.69, 9.17) is 26.4 Å². The number of thiocarbonyl (C=S) groups is 1. The van der Waals surface area contributed by atoms with Crippen molar-refractivity contribution in [3.8, 4) is 11.5 Å². The second kappa shape index (κ2) is 9.73. The van der Waals surface area contributed by atoms with Crippen molar-refractivity contribution in [1.29, 1.82) is 0 Å². The summed E-state index contributed by atoms with van der Waals surface area (Å²) in [6.07, 6.45) is 1.82. The molecule has 0 atom stereocenters. The molecule has 0 saturated carbocycles. The molecule has 7 heteroatoms. The van der Waals surface area contributed by atoms with Gasteiger partial charge in [0.1, 0.15) is 10.9 Å². The molecule has 0 aromatic heterocycles. The fourth-order valence-electron chi connectivity index (χ4n) is 2.66. The van der Waals surface area contributed by atoms with Crippen LogP contribution in [-0.4, -0.2) is 42.5 Å². The number of hydrogen-bond donors (Lipinski definition) is 0. The Hall–Kier alpha value is -2.35. The largest absolute Gasteiger partial charge is 0.493 e. The van der Waals surface area contributed by atoms with Gasteiger partial charge in [0.15, 0.2) is 11.5 Å². The summed E-state index contributed by atoms with van der Waals surface area (Å²) >= 11 is 6.60. The van der Waals surface area contributed by atoms with E-state index in [1.165, 1.54) is 11.8 Å². The molecule has 28 heavy (non-hydrogen) atoms. The molecule has 1 heterocycles. The Morgan fingerprint density at radius 1 is 1.11 bits per heavy atom. The standard InChI is InChI=1S/C21H21NO4S2/c1-24-11-10-22-20(23)19(28-21(22)27)13-16-8-9-17(18(12-16)25-2)26-14-15-6-4-3-5-7-15/h3-9,12-13H,10-11,14H2,1-2H3/b19-13-. The molecule has 2 aromatic carbocycles. The molecule has 0 unspecified atom stereocenters. The molecular weight excluding hydrogens is 394 g/mol. The van der Waals surface area contributed by atoms with Gasteiger partial charge in [0.2, 0.25) is 0 Å². The SMILES string of the molecule is COCCN1C(=O)/C(=C/c2ccc(OCc3ccccc3)c(OC)c2)SC1=S. The van der Waals surface area contributed by atoms with Crippen LogP contribution in [0.3, 0.4) is 0 Å². The molecule has 0 aliphatic carbocycles. The van der Waals surface area contributed by atoms with Crippen molar-refractivity contribution in [3.63, 3.8) is 0 Å². The van der Waals surface area contributed by atoms with Gasteiger partial charge in [-0.05, 0) is 29.3 Å². The number of hydrogen-bond acceptors (Lipinski definition) is 6. The lowest BCUT2D eigenvalue weighted by Gasteiger charge is -2.13. The minimum Gasteiger partial charge on any atom is -0.493 e. The highest BCUT2D eigenvalue weighted by molar-refractivity contribution is 8.26. The highest BCUT2D eigenvalue weighted by atomic mass is 32.2. The minimum atomic E-state index is -0.101. The molecule has 0 N–H and O–H groups in total. The molecule has 1 fully saturated rings.